The quantitative estimate of drug-likeness (QED) is 0.657. The third kappa shape index (κ3) is 2.75. The van der Waals surface area contributed by atoms with E-state index >= 15 is 0 Å². The van der Waals surface area contributed by atoms with Crippen LogP contribution >= 0.6 is 0 Å². The van der Waals surface area contributed by atoms with Crippen LogP contribution in [0.2, 0.25) is 0 Å². The second-order valence-corrected chi connectivity index (χ2v) is 4.81. The number of imide groups is 1. The number of urea groups is 1. The molecule has 2 heterocycles. The van der Waals surface area contributed by atoms with Crippen molar-refractivity contribution in [3.63, 3.8) is 0 Å². The van der Waals surface area contributed by atoms with Gasteiger partial charge in [-0.1, -0.05) is 6.92 Å². The molecule has 2 fully saturated rings. The van der Waals surface area contributed by atoms with Crippen molar-refractivity contribution in [1.82, 2.24) is 15.5 Å². The maximum Gasteiger partial charge on any atom is 0.322 e. The Morgan fingerprint density at radius 1 is 1.47 bits per heavy atom. The lowest BCUT2D eigenvalue weighted by atomic mass is 9.99. The van der Waals surface area contributed by atoms with Gasteiger partial charge in [-0.3, -0.25) is 14.9 Å². The normalized spacial score (nSPS) is 28.9. The molecular weight excluding hydrogens is 222 g/mol. The highest BCUT2D eigenvalue weighted by Gasteiger charge is 2.33. The number of nitrogens with one attached hydrogen (secondary N) is 2. The molecule has 6 nitrogen and oxygen atoms in total. The molecule has 6 heteroatoms. The van der Waals surface area contributed by atoms with E-state index in [1.165, 1.54) is 0 Å². The fraction of sp³-hybridized carbons (Fsp3) is 0.727. The Hall–Kier alpha value is -1.59. The van der Waals surface area contributed by atoms with E-state index in [1.807, 2.05) is 0 Å². The van der Waals surface area contributed by atoms with Crippen LogP contribution in [0, 0.1) is 5.92 Å². The van der Waals surface area contributed by atoms with Crippen molar-refractivity contribution < 1.29 is 14.4 Å². The molecule has 0 aromatic heterocycles. The number of carbonyl (C=O) groups excluding carboxylic acids is 3. The Morgan fingerprint density at radius 3 is 2.82 bits per heavy atom. The smallest absolute Gasteiger partial charge is 0.322 e. The molecule has 0 spiro atoms. The monoisotopic (exact) mass is 239 g/mol. The summed E-state index contributed by atoms with van der Waals surface area (Å²) >= 11 is 0. The minimum absolute atomic E-state index is 0.0566. The molecule has 4 amide bonds. The number of likely N-dealkylation sites (tertiary alicyclic amines) is 1. The molecular formula is C11H17N3O3. The van der Waals surface area contributed by atoms with E-state index in [0.717, 1.165) is 25.9 Å². The van der Waals surface area contributed by atoms with Crippen LogP contribution < -0.4 is 10.6 Å². The molecule has 2 atom stereocenters. The van der Waals surface area contributed by atoms with Gasteiger partial charge < -0.3 is 10.2 Å². The molecule has 0 radical (unpaired) electrons. The van der Waals surface area contributed by atoms with Gasteiger partial charge in [0, 0.05) is 13.1 Å². The average Bonchev–Trinajstić information content (AvgIpc) is 2.57. The lowest BCUT2D eigenvalue weighted by Crippen LogP contribution is -2.43. The van der Waals surface area contributed by atoms with E-state index in [4.69, 9.17) is 0 Å². The van der Waals surface area contributed by atoms with Crippen LogP contribution in [0.4, 0.5) is 4.79 Å². The summed E-state index contributed by atoms with van der Waals surface area (Å²) in [6.07, 6.45) is 2.21. The number of rotatable bonds is 2. The van der Waals surface area contributed by atoms with Crippen molar-refractivity contribution in [1.29, 1.82) is 0 Å². The van der Waals surface area contributed by atoms with Crippen molar-refractivity contribution in [2.75, 3.05) is 13.1 Å². The number of piperidine rings is 1. The van der Waals surface area contributed by atoms with Gasteiger partial charge in [-0.15, -0.1) is 0 Å². The predicted molar refractivity (Wildman–Crippen MR) is 60.1 cm³/mol. The first-order chi connectivity index (χ1) is 8.06. The summed E-state index contributed by atoms with van der Waals surface area (Å²) in [4.78, 5) is 35.9. The number of carbonyl (C=O) groups is 3. The number of hydrogen-bond donors (Lipinski definition) is 2. The van der Waals surface area contributed by atoms with Crippen LogP contribution in [0.15, 0.2) is 0 Å². The highest BCUT2D eigenvalue weighted by Crippen LogP contribution is 2.16. The van der Waals surface area contributed by atoms with Crippen molar-refractivity contribution in [2.45, 2.75) is 32.2 Å². The molecule has 2 saturated heterocycles. The van der Waals surface area contributed by atoms with E-state index in [0.29, 0.717) is 5.92 Å². The van der Waals surface area contributed by atoms with Crippen LogP contribution in [0.3, 0.4) is 0 Å². The van der Waals surface area contributed by atoms with Crippen LogP contribution in [-0.4, -0.2) is 41.9 Å². The van der Waals surface area contributed by atoms with E-state index < -0.39 is 18.0 Å². The fourth-order valence-corrected chi connectivity index (χ4v) is 2.32. The molecule has 2 N–H and O–H groups in total. The Balaban J connectivity index is 1.88. The van der Waals surface area contributed by atoms with Gasteiger partial charge in [0.25, 0.3) is 5.91 Å². The minimum atomic E-state index is -0.702. The largest absolute Gasteiger partial charge is 0.342 e. The molecule has 0 aliphatic carbocycles. The molecule has 2 aliphatic heterocycles. The van der Waals surface area contributed by atoms with Crippen LogP contribution in [0.1, 0.15) is 26.2 Å². The number of nitrogens with zero attached hydrogens (tertiary/aromatic N) is 1. The van der Waals surface area contributed by atoms with Gasteiger partial charge in [-0.2, -0.15) is 0 Å². The van der Waals surface area contributed by atoms with Gasteiger partial charge in [0.15, 0.2) is 0 Å². The van der Waals surface area contributed by atoms with E-state index in [1.54, 1.807) is 4.90 Å². The third-order valence-electron chi connectivity index (χ3n) is 3.25. The van der Waals surface area contributed by atoms with Gasteiger partial charge in [0.2, 0.25) is 5.91 Å². The first-order valence-electron chi connectivity index (χ1n) is 5.95. The van der Waals surface area contributed by atoms with Crippen molar-refractivity contribution in [3.8, 4) is 0 Å². The standard InChI is InChI=1S/C11H17N3O3/c1-7-3-2-4-14(6-7)9(15)5-8-10(16)13-11(17)12-8/h7-8H,2-6H2,1H3,(H2,12,13,16,17). The van der Waals surface area contributed by atoms with Crippen LogP contribution in [0.25, 0.3) is 0 Å². The maximum atomic E-state index is 11.9. The minimum Gasteiger partial charge on any atom is -0.342 e. The molecule has 0 aromatic carbocycles. The summed E-state index contributed by atoms with van der Waals surface area (Å²) in [6.45, 7) is 3.62. The lowest BCUT2D eigenvalue weighted by Gasteiger charge is -2.31. The Bertz CT molecular complexity index is 356. The molecule has 94 valence electrons. The number of hydrogen-bond acceptors (Lipinski definition) is 3. The topological polar surface area (TPSA) is 78.5 Å². The lowest BCUT2D eigenvalue weighted by molar-refractivity contribution is -0.135. The summed E-state index contributed by atoms with van der Waals surface area (Å²) in [7, 11) is 0. The van der Waals surface area contributed by atoms with Gasteiger partial charge >= 0.3 is 6.03 Å². The summed E-state index contributed by atoms with van der Waals surface area (Å²) in [5.41, 5.74) is 0. The molecule has 2 aliphatic rings. The zero-order chi connectivity index (χ0) is 12.4. The average molecular weight is 239 g/mol. The third-order valence-corrected chi connectivity index (χ3v) is 3.25. The summed E-state index contributed by atoms with van der Waals surface area (Å²) in [5, 5.41) is 4.56. The van der Waals surface area contributed by atoms with E-state index in [2.05, 4.69) is 17.6 Å². The fourth-order valence-electron chi connectivity index (χ4n) is 2.32. The predicted octanol–water partition coefficient (Wildman–Crippen LogP) is -0.157. The summed E-state index contributed by atoms with van der Waals surface area (Å²) < 4.78 is 0. The second kappa shape index (κ2) is 4.73. The Morgan fingerprint density at radius 2 is 2.24 bits per heavy atom. The maximum absolute atomic E-state index is 11.9. The summed E-state index contributed by atoms with van der Waals surface area (Å²) in [5.74, 6) is 0.0482. The van der Waals surface area contributed by atoms with E-state index in [-0.39, 0.29) is 12.3 Å². The second-order valence-electron chi connectivity index (χ2n) is 4.81. The highest BCUT2D eigenvalue weighted by atomic mass is 16.2. The van der Waals surface area contributed by atoms with Crippen LogP contribution in [-0.2, 0) is 9.59 Å². The van der Waals surface area contributed by atoms with Gasteiger partial charge in [0.1, 0.15) is 6.04 Å². The SMILES string of the molecule is CC1CCCN(C(=O)CC2NC(=O)NC2=O)C1. The molecule has 0 bridgehead atoms. The first-order valence-corrected chi connectivity index (χ1v) is 5.95. The van der Waals surface area contributed by atoms with E-state index in [9.17, 15) is 14.4 Å². The van der Waals surface area contributed by atoms with Gasteiger partial charge in [0.05, 0.1) is 6.42 Å². The molecule has 0 aromatic rings. The van der Waals surface area contributed by atoms with Gasteiger partial charge in [-0.25, -0.2) is 4.79 Å². The molecule has 17 heavy (non-hydrogen) atoms. The Labute approximate surface area is 99.7 Å². The van der Waals surface area contributed by atoms with Crippen LogP contribution in [0.5, 0.6) is 0 Å². The molecule has 2 rings (SSSR count). The van der Waals surface area contributed by atoms with Crippen molar-refractivity contribution in [3.05, 3.63) is 0 Å². The molecule has 2 unspecified atom stereocenters. The zero-order valence-corrected chi connectivity index (χ0v) is 9.86. The highest BCUT2D eigenvalue weighted by molar-refractivity contribution is 6.05. The van der Waals surface area contributed by atoms with Crippen molar-refractivity contribution in [2.24, 2.45) is 5.92 Å². The zero-order valence-electron chi connectivity index (χ0n) is 9.86. The summed E-state index contributed by atoms with van der Waals surface area (Å²) in [6, 6.07) is -1.22. The van der Waals surface area contributed by atoms with Gasteiger partial charge in [-0.05, 0) is 18.8 Å². The number of amides is 4. The Kier molecular flexibility index (Phi) is 3.31. The van der Waals surface area contributed by atoms with Crippen molar-refractivity contribution >= 4 is 17.8 Å². The molecule has 0 saturated carbocycles. The first kappa shape index (κ1) is 11.9.